The average molecular weight is 243 g/mol. The van der Waals surface area contributed by atoms with Gasteiger partial charge in [-0.25, -0.2) is 0 Å². The van der Waals surface area contributed by atoms with Crippen LogP contribution in [-0.2, 0) is 6.42 Å². The van der Waals surface area contributed by atoms with E-state index >= 15 is 0 Å². The molecule has 96 valence electrons. The largest absolute Gasteiger partial charge is 0.353 e. The van der Waals surface area contributed by atoms with Crippen molar-refractivity contribution in [2.24, 2.45) is 10.9 Å². The molecule has 3 rings (SSSR count). The highest BCUT2D eigenvalue weighted by atomic mass is 15.3. The Kier molecular flexibility index (Phi) is 2.98. The van der Waals surface area contributed by atoms with Crippen molar-refractivity contribution < 1.29 is 0 Å². The lowest BCUT2D eigenvalue weighted by molar-refractivity contribution is 0.789. The van der Waals surface area contributed by atoms with E-state index in [1.54, 1.807) is 0 Å². The van der Waals surface area contributed by atoms with Gasteiger partial charge in [0.1, 0.15) is 0 Å². The van der Waals surface area contributed by atoms with Crippen molar-refractivity contribution in [1.29, 1.82) is 0 Å². The summed E-state index contributed by atoms with van der Waals surface area (Å²) in [4.78, 5) is 6.99. The maximum Gasteiger partial charge on any atom is 0.198 e. The number of anilines is 1. The number of guanidine groups is 1. The lowest BCUT2D eigenvalue weighted by atomic mass is 10.2. The SMILES string of the molecule is CCN=C(NC1CC1C)N1CCc2ccccc21. The van der Waals surface area contributed by atoms with E-state index < -0.39 is 0 Å². The molecule has 0 spiro atoms. The summed E-state index contributed by atoms with van der Waals surface area (Å²) in [5.41, 5.74) is 2.76. The van der Waals surface area contributed by atoms with Crippen molar-refractivity contribution in [3.05, 3.63) is 29.8 Å². The molecule has 3 nitrogen and oxygen atoms in total. The van der Waals surface area contributed by atoms with Crippen molar-refractivity contribution in [3.63, 3.8) is 0 Å². The molecule has 18 heavy (non-hydrogen) atoms. The van der Waals surface area contributed by atoms with Crippen LogP contribution in [0.3, 0.4) is 0 Å². The zero-order valence-electron chi connectivity index (χ0n) is 11.2. The molecule has 1 N–H and O–H groups in total. The number of fused-ring (bicyclic) bond motifs is 1. The van der Waals surface area contributed by atoms with E-state index in [1.807, 2.05) is 0 Å². The molecular formula is C15H21N3. The molecular weight excluding hydrogens is 222 g/mol. The Bertz CT molecular complexity index is 467. The fourth-order valence-electron chi connectivity index (χ4n) is 2.61. The normalized spacial score (nSPS) is 26.1. The average Bonchev–Trinajstić information content (AvgIpc) is 2.92. The smallest absolute Gasteiger partial charge is 0.198 e. The number of hydrogen-bond acceptors (Lipinski definition) is 1. The van der Waals surface area contributed by atoms with Gasteiger partial charge in [0, 0.05) is 24.8 Å². The van der Waals surface area contributed by atoms with E-state index in [-0.39, 0.29) is 0 Å². The topological polar surface area (TPSA) is 27.6 Å². The first-order chi connectivity index (χ1) is 8.79. The minimum Gasteiger partial charge on any atom is -0.353 e. The van der Waals surface area contributed by atoms with E-state index in [0.717, 1.165) is 31.4 Å². The molecule has 2 aliphatic rings. The molecule has 1 aromatic rings. The van der Waals surface area contributed by atoms with E-state index in [1.165, 1.54) is 17.7 Å². The Morgan fingerprint density at radius 1 is 1.44 bits per heavy atom. The molecule has 0 amide bonds. The van der Waals surface area contributed by atoms with Crippen LogP contribution < -0.4 is 10.2 Å². The molecule has 1 fully saturated rings. The van der Waals surface area contributed by atoms with E-state index in [9.17, 15) is 0 Å². The lowest BCUT2D eigenvalue weighted by Crippen LogP contribution is -2.42. The van der Waals surface area contributed by atoms with Crippen LogP contribution in [0.1, 0.15) is 25.8 Å². The van der Waals surface area contributed by atoms with Crippen molar-refractivity contribution in [3.8, 4) is 0 Å². The fraction of sp³-hybridized carbons (Fsp3) is 0.533. The third-order valence-electron chi connectivity index (χ3n) is 3.87. The number of benzene rings is 1. The minimum atomic E-state index is 0.628. The summed E-state index contributed by atoms with van der Waals surface area (Å²) in [7, 11) is 0. The third-order valence-corrected chi connectivity index (χ3v) is 3.87. The van der Waals surface area contributed by atoms with Gasteiger partial charge in [-0.3, -0.25) is 4.99 Å². The van der Waals surface area contributed by atoms with Crippen molar-refractivity contribution in [2.75, 3.05) is 18.0 Å². The predicted molar refractivity (Wildman–Crippen MR) is 76.2 cm³/mol. The van der Waals surface area contributed by atoms with Crippen LogP contribution in [-0.4, -0.2) is 25.1 Å². The lowest BCUT2D eigenvalue weighted by Gasteiger charge is -2.22. The highest BCUT2D eigenvalue weighted by Gasteiger charge is 2.35. The quantitative estimate of drug-likeness (QED) is 0.638. The molecule has 1 aliphatic heterocycles. The van der Waals surface area contributed by atoms with Gasteiger partial charge in [0.25, 0.3) is 0 Å². The number of aliphatic imine (C=N–C) groups is 1. The predicted octanol–water partition coefficient (Wildman–Crippen LogP) is 2.42. The van der Waals surface area contributed by atoms with Crippen LogP contribution >= 0.6 is 0 Å². The molecule has 0 saturated heterocycles. The monoisotopic (exact) mass is 243 g/mol. The van der Waals surface area contributed by atoms with Gasteiger partial charge in [-0.1, -0.05) is 25.1 Å². The summed E-state index contributed by atoms with van der Waals surface area (Å²) in [6, 6.07) is 9.28. The summed E-state index contributed by atoms with van der Waals surface area (Å²) in [5, 5.41) is 3.60. The molecule has 3 heteroatoms. The summed E-state index contributed by atoms with van der Waals surface area (Å²) < 4.78 is 0. The Morgan fingerprint density at radius 2 is 2.22 bits per heavy atom. The summed E-state index contributed by atoms with van der Waals surface area (Å²) in [6.45, 7) is 6.27. The standard InChI is InChI=1S/C15H21N3/c1-3-16-15(17-13-10-11(13)2)18-9-8-12-6-4-5-7-14(12)18/h4-7,11,13H,3,8-10H2,1-2H3,(H,16,17). The van der Waals surface area contributed by atoms with Gasteiger partial charge in [-0.15, -0.1) is 0 Å². The van der Waals surface area contributed by atoms with Gasteiger partial charge in [-0.05, 0) is 37.3 Å². The first-order valence-electron chi connectivity index (χ1n) is 6.96. The molecule has 0 bridgehead atoms. The zero-order valence-corrected chi connectivity index (χ0v) is 11.2. The van der Waals surface area contributed by atoms with Crippen LogP contribution in [0.4, 0.5) is 5.69 Å². The maximum atomic E-state index is 4.65. The van der Waals surface area contributed by atoms with Crippen LogP contribution in [0, 0.1) is 5.92 Å². The van der Waals surface area contributed by atoms with E-state index in [2.05, 4.69) is 53.3 Å². The molecule has 1 aromatic carbocycles. The first kappa shape index (κ1) is 11.6. The minimum absolute atomic E-state index is 0.628. The van der Waals surface area contributed by atoms with Gasteiger partial charge in [-0.2, -0.15) is 0 Å². The van der Waals surface area contributed by atoms with Crippen LogP contribution in [0.2, 0.25) is 0 Å². The van der Waals surface area contributed by atoms with Gasteiger partial charge < -0.3 is 10.2 Å². The Hall–Kier alpha value is -1.51. The second kappa shape index (κ2) is 4.63. The highest BCUT2D eigenvalue weighted by Crippen LogP contribution is 2.31. The maximum absolute atomic E-state index is 4.65. The molecule has 0 aromatic heterocycles. The van der Waals surface area contributed by atoms with Crippen LogP contribution in [0.15, 0.2) is 29.3 Å². The molecule has 2 unspecified atom stereocenters. The Balaban J connectivity index is 1.81. The number of rotatable bonds is 2. The number of para-hydroxylation sites is 1. The molecule has 1 heterocycles. The van der Waals surface area contributed by atoms with Gasteiger partial charge in [0.05, 0.1) is 0 Å². The van der Waals surface area contributed by atoms with Crippen LogP contribution in [0.25, 0.3) is 0 Å². The third kappa shape index (κ3) is 2.09. The second-order valence-corrected chi connectivity index (χ2v) is 5.29. The molecule has 1 saturated carbocycles. The van der Waals surface area contributed by atoms with Gasteiger partial charge in [0.2, 0.25) is 0 Å². The summed E-state index contributed by atoms with van der Waals surface area (Å²) >= 11 is 0. The number of hydrogen-bond donors (Lipinski definition) is 1. The Morgan fingerprint density at radius 3 is 2.94 bits per heavy atom. The zero-order chi connectivity index (χ0) is 12.5. The van der Waals surface area contributed by atoms with Crippen molar-refractivity contribution in [2.45, 2.75) is 32.7 Å². The number of nitrogens with zero attached hydrogens (tertiary/aromatic N) is 2. The molecule has 2 atom stereocenters. The van der Waals surface area contributed by atoms with Crippen molar-refractivity contribution in [1.82, 2.24) is 5.32 Å². The fourth-order valence-corrected chi connectivity index (χ4v) is 2.61. The van der Waals surface area contributed by atoms with Crippen LogP contribution in [0.5, 0.6) is 0 Å². The number of nitrogens with one attached hydrogen (secondary N) is 1. The highest BCUT2D eigenvalue weighted by molar-refractivity contribution is 5.98. The summed E-state index contributed by atoms with van der Waals surface area (Å²) in [6.07, 6.45) is 2.40. The molecule has 0 radical (unpaired) electrons. The van der Waals surface area contributed by atoms with E-state index in [4.69, 9.17) is 0 Å². The van der Waals surface area contributed by atoms with Gasteiger partial charge in [0.15, 0.2) is 5.96 Å². The first-order valence-corrected chi connectivity index (χ1v) is 6.96. The van der Waals surface area contributed by atoms with Gasteiger partial charge >= 0.3 is 0 Å². The van der Waals surface area contributed by atoms with E-state index in [0.29, 0.717) is 6.04 Å². The van der Waals surface area contributed by atoms with Crippen molar-refractivity contribution >= 4 is 11.6 Å². The second-order valence-electron chi connectivity index (χ2n) is 5.29. The Labute approximate surface area is 109 Å². The summed E-state index contributed by atoms with van der Waals surface area (Å²) in [5.74, 6) is 1.86. The molecule has 1 aliphatic carbocycles.